The summed E-state index contributed by atoms with van der Waals surface area (Å²) in [6.07, 6.45) is 1.79. The average molecular weight is 424 g/mol. The van der Waals surface area contributed by atoms with Crippen molar-refractivity contribution in [2.45, 2.75) is 6.54 Å². The summed E-state index contributed by atoms with van der Waals surface area (Å²) in [5.41, 5.74) is 0.348. The lowest BCUT2D eigenvalue weighted by atomic mass is 10.2. The normalized spacial score (nSPS) is 11.6. The molecule has 0 radical (unpaired) electrons. The van der Waals surface area contributed by atoms with Gasteiger partial charge in [0.05, 0.1) is 16.6 Å². The number of rotatable bonds is 4. The lowest BCUT2D eigenvalue weighted by Crippen LogP contribution is -2.21. The number of thiazole rings is 1. The van der Waals surface area contributed by atoms with Gasteiger partial charge in [0.25, 0.3) is 11.8 Å². The summed E-state index contributed by atoms with van der Waals surface area (Å²) in [4.78, 5) is 30.4. The molecule has 0 aliphatic carbocycles. The number of carbonyl (C=O) groups is 2. The number of carbonyl (C=O) groups excluding carboxylic acids is 2. The van der Waals surface area contributed by atoms with Gasteiger partial charge in [0.15, 0.2) is 10.6 Å². The zero-order valence-electron chi connectivity index (χ0n) is 14.5. The maximum absolute atomic E-state index is 12.4. The molecule has 3 rings (SSSR count). The highest BCUT2D eigenvalue weighted by Gasteiger charge is 2.14. The number of nitrogens with zero attached hydrogens (tertiary/aromatic N) is 3. The van der Waals surface area contributed by atoms with Crippen molar-refractivity contribution in [3.8, 4) is 0 Å². The third-order valence-electron chi connectivity index (χ3n) is 3.63. The minimum atomic E-state index is -0.423. The van der Waals surface area contributed by atoms with Gasteiger partial charge in [0.1, 0.15) is 5.76 Å². The Hall–Kier alpha value is -2.35. The molecule has 9 heteroatoms. The molecule has 140 valence electrons. The second-order valence-corrected chi connectivity index (χ2v) is 7.51. The Balaban J connectivity index is 1.83. The summed E-state index contributed by atoms with van der Waals surface area (Å²) in [5, 5.41) is 2.49. The quantitative estimate of drug-likeness (QED) is 0.637. The Morgan fingerprint density at radius 1 is 1.19 bits per heavy atom. The van der Waals surface area contributed by atoms with Crippen LogP contribution in [-0.4, -0.2) is 35.4 Å². The number of halogens is 2. The van der Waals surface area contributed by atoms with Gasteiger partial charge in [0, 0.05) is 31.2 Å². The lowest BCUT2D eigenvalue weighted by molar-refractivity contribution is 0.0794. The van der Waals surface area contributed by atoms with E-state index in [9.17, 15) is 9.59 Å². The van der Waals surface area contributed by atoms with Crippen molar-refractivity contribution in [1.82, 2.24) is 9.47 Å². The number of hydrogen-bond acceptors (Lipinski definition) is 4. The molecule has 0 N–H and O–H groups in total. The minimum Gasteiger partial charge on any atom is -0.454 e. The van der Waals surface area contributed by atoms with Gasteiger partial charge < -0.3 is 13.9 Å². The fourth-order valence-electron chi connectivity index (χ4n) is 2.25. The zero-order valence-corrected chi connectivity index (χ0v) is 16.8. The van der Waals surface area contributed by atoms with Gasteiger partial charge in [-0.05, 0) is 30.3 Å². The number of aromatic nitrogens is 1. The Morgan fingerprint density at radius 2 is 1.96 bits per heavy atom. The predicted octanol–water partition coefficient (Wildman–Crippen LogP) is 3.94. The molecule has 0 spiro atoms. The summed E-state index contributed by atoms with van der Waals surface area (Å²) in [7, 11) is 3.31. The van der Waals surface area contributed by atoms with Crippen molar-refractivity contribution >= 4 is 46.4 Å². The molecule has 0 saturated heterocycles. The molecule has 2 aromatic heterocycles. The van der Waals surface area contributed by atoms with Gasteiger partial charge in [-0.2, -0.15) is 4.99 Å². The highest BCUT2D eigenvalue weighted by atomic mass is 35.5. The average Bonchev–Trinajstić information content (AvgIpc) is 3.27. The Morgan fingerprint density at radius 3 is 2.67 bits per heavy atom. The molecule has 0 atom stereocenters. The summed E-state index contributed by atoms with van der Waals surface area (Å²) >= 11 is 13.1. The highest BCUT2D eigenvalue weighted by Crippen LogP contribution is 2.22. The van der Waals surface area contributed by atoms with Crippen molar-refractivity contribution in [2.24, 2.45) is 4.99 Å². The van der Waals surface area contributed by atoms with Crippen LogP contribution in [0, 0.1) is 0 Å². The van der Waals surface area contributed by atoms with Crippen molar-refractivity contribution in [1.29, 1.82) is 0 Å². The number of benzene rings is 1. The van der Waals surface area contributed by atoms with E-state index in [0.29, 0.717) is 32.7 Å². The molecular formula is C18H15Cl2N3O3S. The van der Waals surface area contributed by atoms with Crippen LogP contribution in [0.15, 0.2) is 51.3 Å². The van der Waals surface area contributed by atoms with Gasteiger partial charge >= 0.3 is 0 Å². The highest BCUT2D eigenvalue weighted by molar-refractivity contribution is 7.07. The molecule has 1 aromatic carbocycles. The lowest BCUT2D eigenvalue weighted by Gasteiger charge is -2.06. The first-order chi connectivity index (χ1) is 12.8. The molecular weight excluding hydrogens is 409 g/mol. The van der Waals surface area contributed by atoms with Crippen LogP contribution in [0.4, 0.5) is 0 Å². The van der Waals surface area contributed by atoms with E-state index in [1.165, 1.54) is 22.3 Å². The molecule has 0 aliphatic heterocycles. The van der Waals surface area contributed by atoms with E-state index in [-0.39, 0.29) is 11.7 Å². The molecule has 6 nitrogen and oxygen atoms in total. The van der Waals surface area contributed by atoms with Crippen LogP contribution < -0.4 is 4.80 Å². The molecule has 2 heterocycles. The van der Waals surface area contributed by atoms with E-state index in [1.807, 2.05) is 5.38 Å². The van der Waals surface area contributed by atoms with Crippen LogP contribution in [0.25, 0.3) is 0 Å². The predicted molar refractivity (Wildman–Crippen MR) is 104 cm³/mol. The Bertz CT molecular complexity index is 1070. The van der Waals surface area contributed by atoms with Gasteiger partial charge in [-0.3, -0.25) is 9.59 Å². The molecule has 0 saturated carbocycles. The summed E-state index contributed by atoms with van der Waals surface area (Å²) < 4.78 is 7.35. The van der Waals surface area contributed by atoms with Gasteiger partial charge in [0.2, 0.25) is 0 Å². The molecule has 27 heavy (non-hydrogen) atoms. The van der Waals surface area contributed by atoms with Crippen LogP contribution in [0.2, 0.25) is 10.0 Å². The molecule has 0 aliphatic rings. The first-order valence-corrected chi connectivity index (χ1v) is 9.47. The standard InChI is InChI=1S/C18H15Cl2N3O3S/c1-22(2)17(25)15-6-4-12(26-15)10-23-7-8-27-18(23)21-16(24)11-3-5-13(19)14(20)9-11/h3-9H,10H2,1-2H3. The second kappa shape index (κ2) is 8.12. The fraction of sp³-hybridized carbons (Fsp3) is 0.167. The van der Waals surface area contributed by atoms with Crippen LogP contribution in [0.5, 0.6) is 0 Å². The first-order valence-electron chi connectivity index (χ1n) is 7.83. The topological polar surface area (TPSA) is 67.8 Å². The van der Waals surface area contributed by atoms with E-state index in [0.717, 1.165) is 0 Å². The first kappa shape index (κ1) is 19.4. The monoisotopic (exact) mass is 423 g/mol. The van der Waals surface area contributed by atoms with E-state index in [2.05, 4.69) is 4.99 Å². The SMILES string of the molecule is CN(C)C(=O)c1ccc(Cn2ccsc2=NC(=O)c2ccc(Cl)c(Cl)c2)o1. The van der Waals surface area contributed by atoms with Crippen LogP contribution in [0.1, 0.15) is 26.7 Å². The van der Waals surface area contributed by atoms with E-state index >= 15 is 0 Å². The molecule has 0 bridgehead atoms. The summed E-state index contributed by atoms with van der Waals surface area (Å²) in [6.45, 7) is 0.345. The molecule has 2 amide bonds. The van der Waals surface area contributed by atoms with Crippen molar-refractivity contribution < 1.29 is 14.0 Å². The van der Waals surface area contributed by atoms with Crippen molar-refractivity contribution in [3.05, 3.63) is 73.8 Å². The van der Waals surface area contributed by atoms with Crippen molar-refractivity contribution in [3.63, 3.8) is 0 Å². The van der Waals surface area contributed by atoms with Crippen LogP contribution >= 0.6 is 34.5 Å². The van der Waals surface area contributed by atoms with E-state index < -0.39 is 5.91 Å². The minimum absolute atomic E-state index is 0.212. The smallest absolute Gasteiger partial charge is 0.289 e. The van der Waals surface area contributed by atoms with Crippen molar-refractivity contribution in [2.75, 3.05) is 14.1 Å². The van der Waals surface area contributed by atoms with Gasteiger partial charge in [-0.25, -0.2) is 0 Å². The number of furan rings is 1. The maximum atomic E-state index is 12.4. The number of amides is 2. The van der Waals surface area contributed by atoms with Gasteiger partial charge in [-0.1, -0.05) is 23.2 Å². The van der Waals surface area contributed by atoms with E-state index in [4.69, 9.17) is 27.6 Å². The fourth-order valence-corrected chi connectivity index (χ4v) is 3.28. The molecule has 3 aromatic rings. The summed E-state index contributed by atoms with van der Waals surface area (Å²) in [5.74, 6) is 0.210. The van der Waals surface area contributed by atoms with Gasteiger partial charge in [-0.15, -0.1) is 11.3 Å². The zero-order chi connectivity index (χ0) is 19.6. The Labute approximate surface area is 169 Å². The Kier molecular flexibility index (Phi) is 5.84. The van der Waals surface area contributed by atoms with Crippen LogP contribution in [-0.2, 0) is 6.54 Å². The third kappa shape index (κ3) is 4.50. The molecule has 0 fully saturated rings. The maximum Gasteiger partial charge on any atom is 0.289 e. The van der Waals surface area contributed by atoms with E-state index in [1.54, 1.807) is 49.1 Å². The van der Waals surface area contributed by atoms with Crippen LogP contribution in [0.3, 0.4) is 0 Å². The number of hydrogen-bond donors (Lipinski definition) is 0. The summed E-state index contributed by atoms with van der Waals surface area (Å²) in [6, 6.07) is 7.97. The third-order valence-corrected chi connectivity index (χ3v) is 5.16. The second-order valence-electron chi connectivity index (χ2n) is 5.82. The molecule has 0 unspecified atom stereocenters. The largest absolute Gasteiger partial charge is 0.454 e.